The van der Waals surface area contributed by atoms with Crippen LogP contribution in [-0.4, -0.2) is 37.3 Å². The van der Waals surface area contributed by atoms with Crippen LogP contribution in [0.5, 0.6) is 0 Å². The smallest absolute Gasteiger partial charge is 0.382 e. The number of aromatic nitrogens is 4. The van der Waals surface area contributed by atoms with Crippen LogP contribution in [0, 0.1) is 0 Å². The van der Waals surface area contributed by atoms with Gasteiger partial charge in [-0.15, -0.1) is 0 Å². The number of carbonyl (C=O) groups is 1. The number of rotatable bonds is 3. The molecule has 0 spiro atoms. The average molecular weight is 426 g/mol. The summed E-state index contributed by atoms with van der Waals surface area (Å²) in [5.41, 5.74) is 8.19. The Morgan fingerprint density at radius 3 is 2.61 bits per heavy atom. The van der Waals surface area contributed by atoms with Crippen LogP contribution in [0.2, 0.25) is 0 Å². The highest BCUT2D eigenvalue weighted by atomic mass is 19.4. The second-order valence-corrected chi connectivity index (χ2v) is 7.48. The Kier molecular flexibility index (Phi) is 4.31. The Balaban J connectivity index is 1.53. The summed E-state index contributed by atoms with van der Waals surface area (Å²) >= 11 is 0. The molecule has 0 aliphatic carbocycles. The number of halogens is 3. The number of hydrogen-bond acceptors (Lipinski definition) is 5. The number of likely N-dealkylation sites (tertiary alicyclic amines) is 1. The van der Waals surface area contributed by atoms with E-state index in [0.717, 1.165) is 17.9 Å². The molecule has 5 rings (SSSR count). The van der Waals surface area contributed by atoms with Gasteiger partial charge in [-0.3, -0.25) is 9.78 Å². The molecule has 1 aromatic carbocycles. The summed E-state index contributed by atoms with van der Waals surface area (Å²) in [6.07, 6.45) is -1.91. The fraction of sp³-hybridized carbons (Fsp3) is 0.238. The van der Waals surface area contributed by atoms with Crippen LogP contribution in [0.25, 0.3) is 33.1 Å². The molecule has 0 atom stereocenters. The lowest BCUT2D eigenvalue weighted by Gasteiger charge is -2.12. The van der Waals surface area contributed by atoms with Gasteiger partial charge in [0.2, 0.25) is 5.91 Å². The van der Waals surface area contributed by atoms with Gasteiger partial charge in [0.05, 0.1) is 12.1 Å². The van der Waals surface area contributed by atoms with Crippen molar-refractivity contribution >= 4 is 33.7 Å². The molecule has 0 unspecified atom stereocenters. The molecule has 1 aliphatic heterocycles. The van der Waals surface area contributed by atoms with Gasteiger partial charge < -0.3 is 15.6 Å². The molecule has 31 heavy (non-hydrogen) atoms. The summed E-state index contributed by atoms with van der Waals surface area (Å²) in [6.45, 7) is 1.08. The van der Waals surface area contributed by atoms with Crippen molar-refractivity contribution in [2.24, 2.45) is 0 Å². The van der Waals surface area contributed by atoms with E-state index >= 15 is 0 Å². The first-order chi connectivity index (χ1) is 14.8. The predicted molar refractivity (Wildman–Crippen MR) is 109 cm³/mol. The zero-order valence-electron chi connectivity index (χ0n) is 16.2. The molecule has 0 radical (unpaired) electrons. The van der Waals surface area contributed by atoms with Crippen molar-refractivity contribution in [3.8, 4) is 11.1 Å². The number of nitrogen functional groups attached to an aromatic ring is 1. The monoisotopic (exact) mass is 426 g/mol. The second-order valence-electron chi connectivity index (χ2n) is 7.48. The van der Waals surface area contributed by atoms with Crippen molar-refractivity contribution in [3.05, 3.63) is 48.0 Å². The summed E-state index contributed by atoms with van der Waals surface area (Å²) in [7, 11) is 0. The van der Waals surface area contributed by atoms with Gasteiger partial charge in [0, 0.05) is 30.1 Å². The van der Waals surface area contributed by atoms with Gasteiger partial charge in [0.1, 0.15) is 28.4 Å². The van der Waals surface area contributed by atoms with Gasteiger partial charge in [-0.05, 0) is 30.2 Å². The van der Waals surface area contributed by atoms with Crippen molar-refractivity contribution in [2.75, 3.05) is 12.3 Å². The van der Waals surface area contributed by atoms with Crippen LogP contribution in [0.15, 0.2) is 36.5 Å². The van der Waals surface area contributed by atoms with Crippen LogP contribution < -0.4 is 5.73 Å². The van der Waals surface area contributed by atoms with Crippen molar-refractivity contribution in [1.82, 2.24) is 24.8 Å². The Hall–Kier alpha value is -3.69. The van der Waals surface area contributed by atoms with E-state index in [4.69, 9.17) is 5.73 Å². The molecule has 1 saturated heterocycles. The lowest BCUT2D eigenvalue weighted by Crippen LogP contribution is -2.24. The number of carbonyl (C=O) groups excluding carboxylic acids is 1. The first kappa shape index (κ1) is 19.3. The lowest BCUT2D eigenvalue weighted by atomic mass is 10.0. The van der Waals surface area contributed by atoms with Crippen LogP contribution >= 0.6 is 0 Å². The van der Waals surface area contributed by atoms with E-state index < -0.39 is 11.9 Å². The molecule has 1 amide bonds. The second kappa shape index (κ2) is 6.93. The molecule has 3 N–H and O–H groups in total. The number of nitrogens with two attached hydrogens (primary N) is 1. The fourth-order valence-electron chi connectivity index (χ4n) is 3.85. The number of fused-ring (bicyclic) bond motifs is 3. The Labute approximate surface area is 174 Å². The lowest BCUT2D eigenvalue weighted by molar-refractivity contribution is -0.141. The Morgan fingerprint density at radius 2 is 1.94 bits per heavy atom. The van der Waals surface area contributed by atoms with Crippen LogP contribution in [-0.2, 0) is 17.5 Å². The van der Waals surface area contributed by atoms with Gasteiger partial charge in [0.15, 0.2) is 0 Å². The minimum atomic E-state index is -4.49. The van der Waals surface area contributed by atoms with E-state index in [1.54, 1.807) is 17.0 Å². The first-order valence-corrected chi connectivity index (χ1v) is 9.69. The number of anilines is 1. The molecule has 10 heteroatoms. The molecular formula is C21H17F3N6O. The zero-order valence-corrected chi connectivity index (χ0v) is 16.2. The summed E-state index contributed by atoms with van der Waals surface area (Å²) in [5.74, 6) is 0.991. The third-order valence-electron chi connectivity index (χ3n) is 5.40. The van der Waals surface area contributed by atoms with Crippen molar-refractivity contribution < 1.29 is 18.0 Å². The number of nitrogens with zero attached hydrogens (tertiary/aromatic N) is 4. The van der Waals surface area contributed by atoms with Crippen LogP contribution in [0.1, 0.15) is 24.4 Å². The number of benzene rings is 1. The highest BCUT2D eigenvalue weighted by Gasteiger charge is 2.32. The number of imidazole rings is 1. The highest BCUT2D eigenvalue weighted by Crippen LogP contribution is 2.32. The number of aromatic amines is 1. The molecule has 158 valence electrons. The maximum Gasteiger partial charge on any atom is 0.433 e. The summed E-state index contributed by atoms with van der Waals surface area (Å²) in [4.78, 5) is 29.4. The van der Waals surface area contributed by atoms with E-state index in [1.807, 2.05) is 6.07 Å². The quantitative estimate of drug-likeness (QED) is 0.518. The number of H-pyrrole nitrogens is 1. The molecule has 0 saturated carbocycles. The molecule has 1 aliphatic rings. The number of amides is 1. The fourth-order valence-corrected chi connectivity index (χ4v) is 3.85. The Bertz CT molecular complexity index is 1310. The first-order valence-electron chi connectivity index (χ1n) is 9.69. The summed E-state index contributed by atoms with van der Waals surface area (Å²) in [6, 6.07) is 7.65. The molecule has 7 nitrogen and oxygen atoms in total. The number of hydrogen-bond donors (Lipinski definition) is 2. The third-order valence-corrected chi connectivity index (χ3v) is 5.40. The molecular weight excluding hydrogens is 409 g/mol. The minimum Gasteiger partial charge on any atom is -0.382 e. The average Bonchev–Trinajstić information content (AvgIpc) is 3.34. The van der Waals surface area contributed by atoms with E-state index in [2.05, 4.69) is 19.9 Å². The van der Waals surface area contributed by atoms with Gasteiger partial charge in [-0.1, -0.05) is 12.1 Å². The van der Waals surface area contributed by atoms with E-state index in [-0.39, 0.29) is 11.7 Å². The number of nitrogens with one attached hydrogen (secondary N) is 1. The largest absolute Gasteiger partial charge is 0.433 e. The predicted octanol–water partition coefficient (Wildman–Crippen LogP) is 3.90. The van der Waals surface area contributed by atoms with Crippen molar-refractivity contribution in [1.29, 1.82) is 0 Å². The topological polar surface area (TPSA) is 101 Å². The normalized spacial score (nSPS) is 14.8. The maximum absolute atomic E-state index is 12.8. The van der Waals surface area contributed by atoms with E-state index in [1.165, 1.54) is 12.3 Å². The minimum absolute atomic E-state index is 0.103. The van der Waals surface area contributed by atoms with Gasteiger partial charge in [-0.2, -0.15) is 13.2 Å². The summed E-state index contributed by atoms with van der Waals surface area (Å²) < 4.78 is 38.3. The molecule has 1 fully saturated rings. The molecule has 3 aromatic heterocycles. The van der Waals surface area contributed by atoms with Crippen molar-refractivity contribution in [3.63, 3.8) is 0 Å². The number of alkyl halides is 3. The third kappa shape index (κ3) is 3.43. The highest BCUT2D eigenvalue weighted by molar-refractivity contribution is 6.07. The van der Waals surface area contributed by atoms with Crippen molar-refractivity contribution in [2.45, 2.75) is 25.6 Å². The van der Waals surface area contributed by atoms with Gasteiger partial charge >= 0.3 is 6.18 Å². The van der Waals surface area contributed by atoms with Crippen LogP contribution in [0.3, 0.4) is 0 Å². The molecule has 4 heterocycles. The van der Waals surface area contributed by atoms with Gasteiger partial charge in [-0.25, -0.2) is 9.97 Å². The number of pyridine rings is 2. The maximum atomic E-state index is 12.8. The SMILES string of the molecule is Nc1nc2cc(-c3ccc(C(F)(F)F)nc3)ccc2c2nc(CN3CCCC3=O)[nH]c12. The van der Waals surface area contributed by atoms with Gasteiger partial charge in [0.25, 0.3) is 0 Å². The van der Waals surface area contributed by atoms with Crippen LogP contribution in [0.4, 0.5) is 19.0 Å². The molecule has 4 aromatic rings. The van der Waals surface area contributed by atoms with E-state index in [0.29, 0.717) is 53.0 Å². The zero-order chi connectivity index (χ0) is 21.8. The standard InChI is InChI=1S/C21H17F3N6O/c22-21(23,24)15-6-4-12(9-26-15)11-3-5-13-14(8-11)27-20(25)19-18(13)28-16(29-19)10-30-7-1-2-17(30)31/h3-6,8-9H,1-2,7,10H2,(H2,25,27)(H,28,29). The Morgan fingerprint density at radius 1 is 1.13 bits per heavy atom. The summed E-state index contributed by atoms with van der Waals surface area (Å²) in [5, 5.41) is 0.753. The van der Waals surface area contributed by atoms with E-state index in [9.17, 15) is 18.0 Å². The molecule has 0 bridgehead atoms.